The summed E-state index contributed by atoms with van der Waals surface area (Å²) >= 11 is 0. The zero-order valence-electron chi connectivity index (χ0n) is 10.6. The third-order valence-electron chi connectivity index (χ3n) is 3.13. The van der Waals surface area contributed by atoms with Gasteiger partial charge in [0.2, 0.25) is 5.43 Å². The van der Waals surface area contributed by atoms with Gasteiger partial charge >= 0.3 is 0 Å². The van der Waals surface area contributed by atoms with Gasteiger partial charge in [0.05, 0.1) is 21.4 Å². The van der Waals surface area contributed by atoms with Crippen LogP contribution in [0.1, 0.15) is 0 Å². The summed E-state index contributed by atoms with van der Waals surface area (Å²) in [5, 5.41) is 11.2. The molecule has 0 aliphatic carbocycles. The highest BCUT2D eigenvalue weighted by atomic mass is 19.1. The Morgan fingerprint density at radius 2 is 1.86 bits per heavy atom. The number of hydrogen-bond acceptors (Lipinski definition) is 4. The molecule has 1 aromatic heterocycles. The number of nitrogens with zero attached hydrogens (tertiary/aromatic N) is 1. The van der Waals surface area contributed by atoms with Crippen LogP contribution in [-0.4, -0.2) is 4.92 Å². The smallest absolute Gasteiger partial charge is 0.277 e. The van der Waals surface area contributed by atoms with Crippen LogP contribution >= 0.6 is 0 Å². The second kappa shape index (κ2) is 4.82. The quantitative estimate of drug-likeness (QED) is 0.533. The molecule has 0 amide bonds. The predicted octanol–water partition coefficient (Wildman–Crippen LogP) is 3.51. The van der Waals surface area contributed by atoms with Crippen LogP contribution in [0.4, 0.5) is 10.1 Å². The fourth-order valence-electron chi connectivity index (χ4n) is 2.15. The topological polar surface area (TPSA) is 73.3 Å². The van der Waals surface area contributed by atoms with Gasteiger partial charge in [-0.05, 0) is 18.2 Å². The molecule has 0 N–H and O–H groups in total. The summed E-state index contributed by atoms with van der Waals surface area (Å²) in [6.07, 6.45) is 1.12. The van der Waals surface area contributed by atoms with E-state index in [1.165, 1.54) is 24.3 Å². The molecule has 0 saturated heterocycles. The van der Waals surface area contributed by atoms with Gasteiger partial charge in [-0.2, -0.15) is 0 Å². The van der Waals surface area contributed by atoms with Gasteiger partial charge < -0.3 is 4.42 Å². The van der Waals surface area contributed by atoms with Crippen molar-refractivity contribution in [3.8, 4) is 11.1 Å². The summed E-state index contributed by atoms with van der Waals surface area (Å²) in [7, 11) is 0. The van der Waals surface area contributed by atoms with E-state index >= 15 is 0 Å². The Morgan fingerprint density at radius 1 is 1.10 bits per heavy atom. The molecule has 6 heteroatoms. The summed E-state index contributed by atoms with van der Waals surface area (Å²) in [5.41, 5.74) is -0.289. The second-order valence-electron chi connectivity index (χ2n) is 4.39. The first-order valence-electron chi connectivity index (χ1n) is 6.03. The summed E-state index contributed by atoms with van der Waals surface area (Å²) in [4.78, 5) is 22.9. The van der Waals surface area contributed by atoms with Gasteiger partial charge in [-0.25, -0.2) is 4.39 Å². The minimum atomic E-state index is -0.566. The molecule has 0 atom stereocenters. The number of para-hydroxylation sites is 1. The Kier molecular flexibility index (Phi) is 2.98. The molecule has 21 heavy (non-hydrogen) atoms. The number of fused-ring (bicyclic) bond motifs is 1. The average molecular weight is 285 g/mol. The lowest BCUT2D eigenvalue weighted by molar-refractivity contribution is -0.384. The average Bonchev–Trinajstić information content (AvgIpc) is 2.47. The minimum Gasteiger partial charge on any atom is -0.463 e. The molecule has 0 bridgehead atoms. The molecule has 3 aromatic rings. The maximum atomic E-state index is 13.1. The van der Waals surface area contributed by atoms with Crippen molar-refractivity contribution in [2.45, 2.75) is 0 Å². The summed E-state index contributed by atoms with van der Waals surface area (Å²) in [5.74, 6) is -0.524. The maximum absolute atomic E-state index is 13.1. The van der Waals surface area contributed by atoms with E-state index in [4.69, 9.17) is 4.42 Å². The zero-order valence-corrected chi connectivity index (χ0v) is 10.6. The highest BCUT2D eigenvalue weighted by Gasteiger charge is 2.18. The third kappa shape index (κ3) is 2.16. The lowest BCUT2D eigenvalue weighted by Crippen LogP contribution is -2.06. The highest BCUT2D eigenvalue weighted by Crippen LogP contribution is 2.28. The minimum absolute atomic E-state index is 0.0707. The number of nitro benzene ring substituents is 1. The fourth-order valence-corrected chi connectivity index (χ4v) is 2.15. The lowest BCUT2D eigenvalue weighted by atomic mass is 10.0. The van der Waals surface area contributed by atoms with Gasteiger partial charge in [-0.15, -0.1) is 0 Å². The van der Waals surface area contributed by atoms with Crippen molar-refractivity contribution < 1.29 is 13.7 Å². The van der Waals surface area contributed by atoms with Gasteiger partial charge in [-0.3, -0.25) is 14.9 Å². The van der Waals surface area contributed by atoms with Crippen LogP contribution in [0.25, 0.3) is 22.1 Å². The molecule has 0 saturated carbocycles. The van der Waals surface area contributed by atoms with Gasteiger partial charge in [0.25, 0.3) is 5.69 Å². The first-order chi connectivity index (χ1) is 10.1. The highest BCUT2D eigenvalue weighted by molar-refractivity contribution is 5.83. The Hall–Kier alpha value is -3.02. The van der Waals surface area contributed by atoms with Crippen molar-refractivity contribution in [3.63, 3.8) is 0 Å². The summed E-state index contributed by atoms with van der Waals surface area (Å²) in [6, 6.07) is 9.43. The van der Waals surface area contributed by atoms with E-state index in [1.54, 1.807) is 6.07 Å². The molecule has 104 valence electrons. The van der Waals surface area contributed by atoms with E-state index < -0.39 is 16.2 Å². The molecule has 5 nitrogen and oxygen atoms in total. The van der Waals surface area contributed by atoms with Gasteiger partial charge in [0.1, 0.15) is 17.7 Å². The lowest BCUT2D eigenvalue weighted by Gasteiger charge is -2.03. The van der Waals surface area contributed by atoms with Crippen LogP contribution in [0.2, 0.25) is 0 Å². The van der Waals surface area contributed by atoms with E-state index in [0.717, 1.165) is 18.4 Å². The van der Waals surface area contributed by atoms with Crippen LogP contribution in [-0.2, 0) is 0 Å². The Morgan fingerprint density at radius 3 is 2.62 bits per heavy atom. The normalized spacial score (nSPS) is 10.7. The first-order valence-corrected chi connectivity index (χ1v) is 6.03. The van der Waals surface area contributed by atoms with Crippen molar-refractivity contribution >= 4 is 16.7 Å². The largest absolute Gasteiger partial charge is 0.463 e. The SMILES string of the molecule is O=c1c(-c2ccccc2[N+](=O)[O-])coc2cc(F)ccc12. The fraction of sp³-hybridized carbons (Fsp3) is 0. The van der Waals surface area contributed by atoms with Gasteiger partial charge in [0, 0.05) is 12.1 Å². The van der Waals surface area contributed by atoms with Crippen molar-refractivity contribution in [3.05, 3.63) is 74.9 Å². The standard InChI is InChI=1S/C15H8FNO4/c16-9-5-6-11-14(7-9)21-8-12(15(11)18)10-3-1-2-4-13(10)17(19)20/h1-8H. The van der Waals surface area contributed by atoms with Gasteiger partial charge in [0.15, 0.2) is 0 Å². The number of nitro groups is 1. The van der Waals surface area contributed by atoms with Crippen LogP contribution in [0, 0.1) is 15.9 Å². The maximum Gasteiger partial charge on any atom is 0.277 e. The van der Waals surface area contributed by atoms with Crippen LogP contribution < -0.4 is 5.43 Å². The van der Waals surface area contributed by atoms with Gasteiger partial charge in [-0.1, -0.05) is 12.1 Å². The Labute approximate surface area is 117 Å². The van der Waals surface area contributed by atoms with E-state index in [1.807, 2.05) is 0 Å². The van der Waals surface area contributed by atoms with E-state index in [-0.39, 0.29) is 27.8 Å². The number of rotatable bonds is 2. The van der Waals surface area contributed by atoms with Crippen LogP contribution in [0.15, 0.2) is 57.9 Å². The Bertz CT molecular complexity index is 917. The first kappa shape index (κ1) is 13.0. The monoisotopic (exact) mass is 285 g/mol. The van der Waals surface area contributed by atoms with E-state index in [2.05, 4.69) is 0 Å². The van der Waals surface area contributed by atoms with E-state index in [9.17, 15) is 19.3 Å². The molecule has 0 aliphatic rings. The molecule has 0 spiro atoms. The van der Waals surface area contributed by atoms with Crippen molar-refractivity contribution in [1.82, 2.24) is 0 Å². The molecule has 0 radical (unpaired) electrons. The van der Waals surface area contributed by atoms with Crippen LogP contribution in [0.3, 0.4) is 0 Å². The molecule has 0 aliphatic heterocycles. The van der Waals surface area contributed by atoms with Crippen LogP contribution in [0.5, 0.6) is 0 Å². The van der Waals surface area contributed by atoms with Crippen molar-refractivity contribution in [2.24, 2.45) is 0 Å². The summed E-state index contributed by atoms with van der Waals surface area (Å²) in [6.45, 7) is 0. The second-order valence-corrected chi connectivity index (χ2v) is 4.39. The molecule has 0 fully saturated rings. The number of hydrogen-bond donors (Lipinski definition) is 0. The number of benzene rings is 2. The van der Waals surface area contributed by atoms with E-state index in [0.29, 0.717) is 0 Å². The van der Waals surface area contributed by atoms with Crippen molar-refractivity contribution in [1.29, 1.82) is 0 Å². The number of halogens is 1. The Balaban J connectivity index is 2.32. The predicted molar refractivity (Wildman–Crippen MR) is 74.5 cm³/mol. The molecular weight excluding hydrogens is 277 g/mol. The molecule has 1 heterocycles. The third-order valence-corrected chi connectivity index (χ3v) is 3.13. The zero-order chi connectivity index (χ0) is 15.0. The molecular formula is C15H8FNO4. The molecule has 3 rings (SSSR count). The summed E-state index contributed by atoms with van der Waals surface area (Å²) < 4.78 is 18.3. The van der Waals surface area contributed by atoms with Crippen molar-refractivity contribution in [2.75, 3.05) is 0 Å². The molecule has 2 aromatic carbocycles. The molecule has 0 unspecified atom stereocenters.